The lowest BCUT2D eigenvalue weighted by Gasteiger charge is -2.31. The van der Waals surface area contributed by atoms with Crippen molar-refractivity contribution in [2.45, 2.75) is 32.6 Å². The second-order valence-corrected chi connectivity index (χ2v) is 6.72. The average molecular weight is 330 g/mol. The van der Waals surface area contributed by atoms with Crippen molar-refractivity contribution in [1.82, 2.24) is 24.5 Å². The predicted octanol–water partition coefficient (Wildman–Crippen LogP) is 1.59. The second kappa shape index (κ2) is 6.76. The van der Waals surface area contributed by atoms with Crippen LogP contribution >= 0.6 is 0 Å². The zero-order valence-corrected chi connectivity index (χ0v) is 14.9. The van der Waals surface area contributed by atoms with Gasteiger partial charge in [0.05, 0.1) is 29.8 Å². The van der Waals surface area contributed by atoms with E-state index < -0.39 is 0 Å². The predicted molar refractivity (Wildman–Crippen MR) is 92.9 cm³/mol. The molecule has 0 aliphatic carbocycles. The highest BCUT2D eigenvalue weighted by Crippen LogP contribution is 2.27. The molecule has 0 saturated carbocycles. The largest absolute Gasteiger partial charge is 0.322 e. The molecule has 0 aromatic carbocycles. The highest BCUT2D eigenvalue weighted by atomic mass is 16.2. The van der Waals surface area contributed by atoms with Crippen LogP contribution in [0.2, 0.25) is 0 Å². The summed E-state index contributed by atoms with van der Waals surface area (Å²) in [5.41, 5.74) is 3.99. The molecule has 0 bridgehead atoms. The van der Waals surface area contributed by atoms with E-state index in [1.54, 1.807) is 4.68 Å². The number of piperidine rings is 1. The standard InChI is InChI=1S/C17H26N6O/c1-12-17(13(2)22(4)20-12)19-16(24)11-23-7-5-14(6-8-23)15-9-18-21(3)10-15/h9-10,14H,5-8,11H2,1-4H3,(H,19,24). The minimum atomic E-state index is 0.0361. The molecule has 130 valence electrons. The molecule has 1 saturated heterocycles. The fourth-order valence-corrected chi connectivity index (χ4v) is 3.41. The van der Waals surface area contributed by atoms with Gasteiger partial charge in [0.2, 0.25) is 5.91 Å². The molecule has 0 atom stereocenters. The van der Waals surface area contributed by atoms with Crippen LogP contribution in [0.3, 0.4) is 0 Å². The molecule has 1 N–H and O–H groups in total. The smallest absolute Gasteiger partial charge is 0.238 e. The Kier molecular flexibility index (Phi) is 4.71. The first-order valence-corrected chi connectivity index (χ1v) is 8.45. The summed E-state index contributed by atoms with van der Waals surface area (Å²) in [5, 5.41) is 11.6. The van der Waals surface area contributed by atoms with Crippen molar-refractivity contribution in [3.05, 3.63) is 29.3 Å². The van der Waals surface area contributed by atoms with Crippen molar-refractivity contribution < 1.29 is 4.79 Å². The minimum Gasteiger partial charge on any atom is -0.322 e. The van der Waals surface area contributed by atoms with Crippen molar-refractivity contribution in [2.24, 2.45) is 14.1 Å². The molecular weight excluding hydrogens is 304 g/mol. The number of anilines is 1. The molecule has 0 radical (unpaired) electrons. The first-order valence-electron chi connectivity index (χ1n) is 8.45. The molecular formula is C17H26N6O. The van der Waals surface area contributed by atoms with Crippen LogP contribution in [0.5, 0.6) is 0 Å². The van der Waals surface area contributed by atoms with Crippen LogP contribution in [0.25, 0.3) is 0 Å². The van der Waals surface area contributed by atoms with Gasteiger partial charge in [-0.15, -0.1) is 0 Å². The topological polar surface area (TPSA) is 68.0 Å². The molecule has 7 heteroatoms. The molecule has 2 aromatic heterocycles. The van der Waals surface area contributed by atoms with Crippen LogP contribution in [0.1, 0.15) is 35.7 Å². The summed E-state index contributed by atoms with van der Waals surface area (Å²) in [7, 11) is 3.84. The highest BCUT2D eigenvalue weighted by Gasteiger charge is 2.23. The van der Waals surface area contributed by atoms with Crippen LogP contribution in [0.4, 0.5) is 5.69 Å². The highest BCUT2D eigenvalue weighted by molar-refractivity contribution is 5.93. The van der Waals surface area contributed by atoms with Crippen molar-refractivity contribution in [2.75, 3.05) is 25.0 Å². The molecule has 1 amide bonds. The number of carbonyl (C=O) groups is 1. The van der Waals surface area contributed by atoms with Gasteiger partial charge in [-0.05, 0) is 51.3 Å². The third-order valence-electron chi connectivity index (χ3n) is 4.92. The van der Waals surface area contributed by atoms with Gasteiger partial charge in [0.15, 0.2) is 0 Å². The SMILES string of the molecule is Cc1nn(C)c(C)c1NC(=O)CN1CCC(c2cnn(C)c2)CC1. The monoisotopic (exact) mass is 330 g/mol. The third kappa shape index (κ3) is 3.51. The molecule has 1 aliphatic rings. The average Bonchev–Trinajstić information content (AvgIpc) is 3.07. The Hall–Kier alpha value is -2.15. The number of amides is 1. The number of hydrogen-bond donors (Lipinski definition) is 1. The van der Waals surface area contributed by atoms with E-state index >= 15 is 0 Å². The van der Waals surface area contributed by atoms with Crippen LogP contribution in [0, 0.1) is 13.8 Å². The summed E-state index contributed by atoms with van der Waals surface area (Å²) in [5.74, 6) is 0.592. The first kappa shape index (κ1) is 16.7. The van der Waals surface area contributed by atoms with E-state index in [0.29, 0.717) is 12.5 Å². The maximum absolute atomic E-state index is 12.3. The normalized spacial score (nSPS) is 16.5. The van der Waals surface area contributed by atoms with Gasteiger partial charge in [0.1, 0.15) is 0 Å². The Morgan fingerprint density at radius 2 is 2.00 bits per heavy atom. The number of rotatable bonds is 4. The lowest BCUT2D eigenvalue weighted by Crippen LogP contribution is -2.38. The van der Waals surface area contributed by atoms with Crippen LogP contribution in [0.15, 0.2) is 12.4 Å². The number of carbonyl (C=O) groups excluding carboxylic acids is 1. The minimum absolute atomic E-state index is 0.0361. The third-order valence-corrected chi connectivity index (χ3v) is 4.92. The molecule has 24 heavy (non-hydrogen) atoms. The maximum Gasteiger partial charge on any atom is 0.238 e. The lowest BCUT2D eigenvalue weighted by atomic mass is 9.91. The fourth-order valence-electron chi connectivity index (χ4n) is 3.41. The molecule has 0 unspecified atom stereocenters. The number of nitrogens with one attached hydrogen (secondary N) is 1. The van der Waals surface area contributed by atoms with Crippen molar-refractivity contribution in [3.63, 3.8) is 0 Å². The van der Waals surface area contributed by atoms with Gasteiger partial charge < -0.3 is 5.32 Å². The Morgan fingerprint density at radius 3 is 2.54 bits per heavy atom. The molecule has 7 nitrogen and oxygen atoms in total. The van der Waals surface area contributed by atoms with Gasteiger partial charge in [-0.1, -0.05) is 0 Å². The van der Waals surface area contributed by atoms with Crippen molar-refractivity contribution >= 4 is 11.6 Å². The van der Waals surface area contributed by atoms with E-state index in [0.717, 1.165) is 43.0 Å². The van der Waals surface area contributed by atoms with E-state index in [9.17, 15) is 4.79 Å². The van der Waals surface area contributed by atoms with E-state index in [2.05, 4.69) is 26.6 Å². The first-order chi connectivity index (χ1) is 11.4. The lowest BCUT2D eigenvalue weighted by molar-refractivity contribution is -0.117. The number of aromatic nitrogens is 4. The van der Waals surface area contributed by atoms with Crippen LogP contribution in [-0.4, -0.2) is 50.0 Å². The summed E-state index contributed by atoms with van der Waals surface area (Å²) >= 11 is 0. The second-order valence-electron chi connectivity index (χ2n) is 6.72. The van der Waals surface area contributed by atoms with E-state index in [1.807, 2.05) is 38.8 Å². The van der Waals surface area contributed by atoms with Gasteiger partial charge in [0.25, 0.3) is 0 Å². The van der Waals surface area contributed by atoms with Gasteiger partial charge in [0, 0.05) is 20.3 Å². The van der Waals surface area contributed by atoms with Crippen LogP contribution in [-0.2, 0) is 18.9 Å². The summed E-state index contributed by atoms with van der Waals surface area (Å²) in [6.45, 7) is 6.21. The summed E-state index contributed by atoms with van der Waals surface area (Å²) in [6.07, 6.45) is 6.20. The van der Waals surface area contributed by atoms with Crippen LogP contribution < -0.4 is 5.32 Å². The molecule has 2 aromatic rings. The Balaban J connectivity index is 1.51. The fraction of sp³-hybridized carbons (Fsp3) is 0.588. The molecule has 3 rings (SSSR count). The zero-order valence-electron chi connectivity index (χ0n) is 14.9. The Labute approximate surface area is 142 Å². The summed E-state index contributed by atoms with van der Waals surface area (Å²) in [4.78, 5) is 14.6. The van der Waals surface area contributed by atoms with Crippen molar-refractivity contribution in [1.29, 1.82) is 0 Å². The Morgan fingerprint density at radius 1 is 1.29 bits per heavy atom. The van der Waals surface area contributed by atoms with Gasteiger partial charge in [-0.3, -0.25) is 19.1 Å². The van der Waals surface area contributed by atoms with Crippen molar-refractivity contribution in [3.8, 4) is 0 Å². The summed E-state index contributed by atoms with van der Waals surface area (Å²) in [6, 6.07) is 0. The van der Waals surface area contributed by atoms with Gasteiger partial charge in [-0.2, -0.15) is 10.2 Å². The van der Waals surface area contributed by atoms with Gasteiger partial charge >= 0.3 is 0 Å². The molecule has 0 spiro atoms. The molecule has 3 heterocycles. The number of aryl methyl sites for hydroxylation is 3. The molecule has 1 fully saturated rings. The van der Waals surface area contributed by atoms with E-state index in [4.69, 9.17) is 0 Å². The summed E-state index contributed by atoms with van der Waals surface area (Å²) < 4.78 is 3.65. The van der Waals surface area contributed by atoms with Gasteiger partial charge in [-0.25, -0.2) is 0 Å². The van der Waals surface area contributed by atoms with E-state index in [1.165, 1.54) is 5.56 Å². The number of likely N-dealkylation sites (tertiary alicyclic amines) is 1. The van der Waals surface area contributed by atoms with E-state index in [-0.39, 0.29) is 5.91 Å². The quantitative estimate of drug-likeness (QED) is 0.924. The maximum atomic E-state index is 12.3. The number of hydrogen-bond acceptors (Lipinski definition) is 4. The molecule has 1 aliphatic heterocycles. The number of nitrogens with zero attached hydrogens (tertiary/aromatic N) is 5. The Bertz CT molecular complexity index is 724. The zero-order chi connectivity index (χ0) is 17.3.